The van der Waals surface area contributed by atoms with Crippen LogP contribution in [0.5, 0.6) is 0 Å². The quantitative estimate of drug-likeness (QED) is 0.421. The number of amides is 1. The van der Waals surface area contributed by atoms with Crippen molar-refractivity contribution >= 4 is 39.2 Å². The lowest BCUT2D eigenvalue weighted by atomic mass is 9.82. The van der Waals surface area contributed by atoms with Gasteiger partial charge in [-0.3, -0.25) is 4.79 Å². The third-order valence-electron chi connectivity index (χ3n) is 5.05. The maximum Gasteiger partial charge on any atom is 0.224 e. The normalized spacial score (nSPS) is 19.0. The number of carbonyl (C=O) groups excluding carboxylic acids is 1. The van der Waals surface area contributed by atoms with Crippen LogP contribution in [0.1, 0.15) is 29.3 Å². The molecule has 3 nitrogen and oxygen atoms in total. The zero-order valence-electron chi connectivity index (χ0n) is 15.7. The molecule has 2 aromatic carbocycles. The molecule has 3 aromatic rings. The highest BCUT2D eigenvalue weighted by atomic mass is 32.2. The Balaban J connectivity index is 1.32. The molecule has 0 saturated heterocycles. The minimum absolute atomic E-state index is 0.0234. The number of hydrogen-bond donors (Lipinski definition) is 1. The Hall–Kier alpha value is -2.11. The maximum absolute atomic E-state index is 12.9. The van der Waals surface area contributed by atoms with Gasteiger partial charge >= 0.3 is 0 Å². The Morgan fingerprint density at radius 2 is 1.86 bits per heavy atom. The van der Waals surface area contributed by atoms with Crippen LogP contribution in [0.15, 0.2) is 66.7 Å². The fourth-order valence-corrected chi connectivity index (χ4v) is 5.53. The average Bonchev–Trinajstić information content (AvgIpc) is 3.18. The summed E-state index contributed by atoms with van der Waals surface area (Å²) in [5.41, 5.74) is 2.36. The van der Waals surface area contributed by atoms with Crippen LogP contribution in [0.2, 0.25) is 0 Å². The van der Waals surface area contributed by atoms with Crippen LogP contribution < -0.4 is 5.32 Å². The standard InChI is InChI=1S/C23H24N2OS2/c26-22(24-14-15-27-16-17-8-2-1-3-9-17)18-10-4-5-11-19(18)23-25-20-12-6-7-13-21(20)28-23/h1-9,12-13,18-19H,10-11,14-16H2,(H,24,26)/t18-,19+/m1/s1. The van der Waals surface area contributed by atoms with Crippen molar-refractivity contribution in [1.29, 1.82) is 0 Å². The van der Waals surface area contributed by atoms with Gasteiger partial charge in [-0.05, 0) is 30.5 Å². The highest BCUT2D eigenvalue weighted by molar-refractivity contribution is 7.98. The highest BCUT2D eigenvalue weighted by Gasteiger charge is 2.32. The molecule has 1 aliphatic carbocycles. The molecule has 0 radical (unpaired) electrons. The molecule has 0 bridgehead atoms. The fraction of sp³-hybridized carbons (Fsp3) is 0.304. The third-order valence-corrected chi connectivity index (χ3v) is 7.25. The number of para-hydroxylation sites is 1. The number of allylic oxidation sites excluding steroid dienone is 2. The van der Waals surface area contributed by atoms with Gasteiger partial charge in [0, 0.05) is 24.0 Å². The first-order valence-electron chi connectivity index (χ1n) is 9.71. The van der Waals surface area contributed by atoms with Crippen molar-refractivity contribution in [3.8, 4) is 0 Å². The predicted molar refractivity (Wildman–Crippen MR) is 120 cm³/mol. The fourth-order valence-electron chi connectivity index (χ4n) is 3.57. The van der Waals surface area contributed by atoms with E-state index in [1.807, 2.05) is 36.0 Å². The van der Waals surface area contributed by atoms with E-state index in [1.54, 1.807) is 11.3 Å². The van der Waals surface area contributed by atoms with Gasteiger partial charge < -0.3 is 5.32 Å². The molecule has 0 aliphatic heterocycles. The molecule has 1 aliphatic rings. The Morgan fingerprint density at radius 1 is 1.07 bits per heavy atom. The summed E-state index contributed by atoms with van der Waals surface area (Å²) in [6, 6.07) is 18.7. The van der Waals surface area contributed by atoms with Gasteiger partial charge in [0.05, 0.1) is 21.1 Å². The second-order valence-corrected chi connectivity index (χ2v) is 9.17. The first-order valence-corrected chi connectivity index (χ1v) is 11.7. The summed E-state index contributed by atoms with van der Waals surface area (Å²) >= 11 is 3.58. The second kappa shape index (κ2) is 9.39. The molecule has 1 heterocycles. The molecule has 1 amide bonds. The zero-order chi connectivity index (χ0) is 19.2. The summed E-state index contributed by atoms with van der Waals surface area (Å²) in [6.07, 6.45) is 6.01. The summed E-state index contributed by atoms with van der Waals surface area (Å²) in [6.45, 7) is 0.711. The van der Waals surface area contributed by atoms with Gasteiger partial charge in [0.25, 0.3) is 0 Å². The van der Waals surface area contributed by atoms with Crippen LogP contribution in [-0.4, -0.2) is 23.2 Å². The largest absolute Gasteiger partial charge is 0.355 e. The van der Waals surface area contributed by atoms with Crippen molar-refractivity contribution in [2.24, 2.45) is 5.92 Å². The number of nitrogens with one attached hydrogen (secondary N) is 1. The number of hydrogen-bond acceptors (Lipinski definition) is 4. The summed E-state index contributed by atoms with van der Waals surface area (Å²) in [4.78, 5) is 17.7. The van der Waals surface area contributed by atoms with Gasteiger partial charge in [-0.25, -0.2) is 4.98 Å². The van der Waals surface area contributed by atoms with Crippen molar-refractivity contribution < 1.29 is 4.79 Å². The van der Waals surface area contributed by atoms with Crippen molar-refractivity contribution in [3.63, 3.8) is 0 Å². The molecular formula is C23H24N2OS2. The lowest BCUT2D eigenvalue weighted by Crippen LogP contribution is -2.36. The minimum atomic E-state index is -0.0234. The van der Waals surface area contributed by atoms with E-state index in [-0.39, 0.29) is 17.7 Å². The molecule has 28 heavy (non-hydrogen) atoms. The SMILES string of the molecule is O=C(NCCSCc1ccccc1)[C@@H]1CC=CC[C@@H]1c1nc2ccccc2s1. The maximum atomic E-state index is 12.9. The molecule has 144 valence electrons. The number of carbonyl (C=O) groups is 1. The minimum Gasteiger partial charge on any atom is -0.355 e. The second-order valence-electron chi connectivity index (χ2n) is 7.00. The Bertz CT molecular complexity index is 918. The summed E-state index contributed by atoms with van der Waals surface area (Å²) in [5.74, 6) is 2.23. The van der Waals surface area contributed by atoms with Crippen LogP contribution >= 0.6 is 23.1 Å². The van der Waals surface area contributed by atoms with E-state index in [1.165, 1.54) is 10.3 Å². The molecule has 4 rings (SSSR count). The van der Waals surface area contributed by atoms with E-state index < -0.39 is 0 Å². The number of thioether (sulfide) groups is 1. The monoisotopic (exact) mass is 408 g/mol. The molecular weight excluding hydrogens is 384 g/mol. The van der Waals surface area contributed by atoms with E-state index in [9.17, 15) is 4.79 Å². The number of rotatable bonds is 7. The van der Waals surface area contributed by atoms with Crippen molar-refractivity contribution in [1.82, 2.24) is 10.3 Å². The van der Waals surface area contributed by atoms with Crippen LogP contribution in [0.4, 0.5) is 0 Å². The Kier molecular flexibility index (Phi) is 6.45. The van der Waals surface area contributed by atoms with Crippen LogP contribution in [0.3, 0.4) is 0 Å². The van der Waals surface area contributed by atoms with E-state index in [2.05, 4.69) is 47.8 Å². The van der Waals surface area contributed by atoms with Gasteiger partial charge in [-0.15, -0.1) is 11.3 Å². The lowest BCUT2D eigenvalue weighted by molar-refractivity contribution is -0.125. The van der Waals surface area contributed by atoms with Crippen LogP contribution in [-0.2, 0) is 10.5 Å². The molecule has 0 unspecified atom stereocenters. The van der Waals surface area contributed by atoms with Gasteiger partial charge in [0.2, 0.25) is 5.91 Å². The average molecular weight is 409 g/mol. The number of aromatic nitrogens is 1. The molecule has 0 fully saturated rings. The van der Waals surface area contributed by atoms with E-state index in [0.717, 1.165) is 34.9 Å². The Morgan fingerprint density at radius 3 is 2.71 bits per heavy atom. The number of nitrogens with zero attached hydrogens (tertiary/aromatic N) is 1. The van der Waals surface area contributed by atoms with Crippen LogP contribution in [0, 0.1) is 5.92 Å². The number of fused-ring (bicyclic) bond motifs is 1. The van der Waals surface area contributed by atoms with Gasteiger partial charge in [0.1, 0.15) is 0 Å². The molecule has 1 aromatic heterocycles. The highest BCUT2D eigenvalue weighted by Crippen LogP contribution is 2.38. The summed E-state index contributed by atoms with van der Waals surface area (Å²) in [5, 5.41) is 4.24. The summed E-state index contributed by atoms with van der Waals surface area (Å²) in [7, 11) is 0. The molecule has 1 N–H and O–H groups in total. The lowest BCUT2D eigenvalue weighted by Gasteiger charge is -2.26. The molecule has 2 atom stereocenters. The van der Waals surface area contributed by atoms with Crippen LogP contribution in [0.25, 0.3) is 10.2 Å². The predicted octanol–water partition coefficient (Wildman–Crippen LogP) is 5.40. The number of benzene rings is 2. The first kappa shape index (κ1) is 19.2. The van der Waals surface area contributed by atoms with Gasteiger partial charge in [-0.1, -0.05) is 54.6 Å². The first-order chi connectivity index (χ1) is 13.8. The van der Waals surface area contributed by atoms with E-state index in [0.29, 0.717) is 6.54 Å². The van der Waals surface area contributed by atoms with E-state index in [4.69, 9.17) is 4.98 Å². The number of thiazole rings is 1. The molecule has 5 heteroatoms. The molecule has 0 spiro atoms. The van der Waals surface area contributed by atoms with Crippen molar-refractivity contribution in [2.75, 3.05) is 12.3 Å². The van der Waals surface area contributed by atoms with Gasteiger partial charge in [-0.2, -0.15) is 11.8 Å². The van der Waals surface area contributed by atoms with E-state index >= 15 is 0 Å². The Labute approximate surface area is 174 Å². The smallest absolute Gasteiger partial charge is 0.224 e. The van der Waals surface area contributed by atoms with Crippen molar-refractivity contribution in [3.05, 3.63) is 77.3 Å². The zero-order valence-corrected chi connectivity index (χ0v) is 17.3. The topological polar surface area (TPSA) is 42.0 Å². The van der Waals surface area contributed by atoms with Gasteiger partial charge in [0.15, 0.2) is 0 Å². The third kappa shape index (κ3) is 4.65. The summed E-state index contributed by atoms with van der Waals surface area (Å²) < 4.78 is 1.20. The molecule has 0 saturated carbocycles. The van der Waals surface area contributed by atoms with Crippen molar-refractivity contribution in [2.45, 2.75) is 24.5 Å².